The molecule has 4 aromatic rings. The SMILES string of the molecule is Cc1cc(N2C(=O)c3c(C4CC4)cn(CO)c3C2c2ccc(Cl)cc2)nc2c1nnn2C. The van der Waals surface area contributed by atoms with Gasteiger partial charge in [-0.3, -0.25) is 9.69 Å². The van der Waals surface area contributed by atoms with E-state index in [0.29, 0.717) is 33.5 Å². The van der Waals surface area contributed by atoms with Crippen LogP contribution in [0.5, 0.6) is 0 Å². The van der Waals surface area contributed by atoms with Gasteiger partial charge in [-0.1, -0.05) is 28.9 Å². The average Bonchev–Trinajstić information content (AvgIpc) is 3.36. The largest absolute Gasteiger partial charge is 0.376 e. The van der Waals surface area contributed by atoms with Crippen molar-refractivity contribution in [2.45, 2.75) is 38.5 Å². The van der Waals surface area contributed by atoms with Gasteiger partial charge in [0, 0.05) is 18.3 Å². The number of anilines is 1. The van der Waals surface area contributed by atoms with Gasteiger partial charge in [-0.2, -0.15) is 0 Å². The molecule has 32 heavy (non-hydrogen) atoms. The number of carbonyl (C=O) groups excluding carboxylic acids is 1. The first-order valence-electron chi connectivity index (χ1n) is 10.6. The number of fused-ring (bicyclic) bond motifs is 2. The smallest absolute Gasteiger partial charge is 0.262 e. The minimum absolute atomic E-state index is 0.101. The summed E-state index contributed by atoms with van der Waals surface area (Å²) >= 11 is 6.15. The van der Waals surface area contributed by atoms with Crippen LogP contribution in [-0.2, 0) is 13.8 Å². The van der Waals surface area contributed by atoms with E-state index in [1.807, 2.05) is 43.5 Å². The maximum atomic E-state index is 13.9. The molecule has 3 aromatic heterocycles. The fraction of sp³-hybridized carbons (Fsp3) is 0.304. The molecule has 8 nitrogen and oxygen atoms in total. The van der Waals surface area contributed by atoms with Gasteiger partial charge in [0.25, 0.3) is 5.91 Å². The predicted octanol–water partition coefficient (Wildman–Crippen LogP) is 3.70. The first-order valence-corrected chi connectivity index (χ1v) is 11.0. The number of benzene rings is 1. The van der Waals surface area contributed by atoms with Crippen LogP contribution in [0.3, 0.4) is 0 Å². The molecular formula is C23H21ClN6O2. The van der Waals surface area contributed by atoms with Gasteiger partial charge in [0.15, 0.2) is 5.65 Å². The first kappa shape index (κ1) is 19.5. The van der Waals surface area contributed by atoms with Gasteiger partial charge >= 0.3 is 0 Å². The van der Waals surface area contributed by atoms with Crippen molar-refractivity contribution in [1.82, 2.24) is 24.5 Å². The van der Waals surface area contributed by atoms with Gasteiger partial charge in [-0.05, 0) is 60.6 Å². The zero-order valence-electron chi connectivity index (χ0n) is 17.7. The van der Waals surface area contributed by atoms with E-state index in [9.17, 15) is 9.90 Å². The van der Waals surface area contributed by atoms with Crippen LogP contribution < -0.4 is 4.90 Å². The summed E-state index contributed by atoms with van der Waals surface area (Å²) in [4.78, 5) is 20.4. The number of aliphatic hydroxyl groups is 1. The Morgan fingerprint density at radius 2 is 1.97 bits per heavy atom. The third-order valence-electron chi connectivity index (χ3n) is 6.44. The minimum Gasteiger partial charge on any atom is -0.376 e. The molecular weight excluding hydrogens is 428 g/mol. The summed E-state index contributed by atoms with van der Waals surface area (Å²) < 4.78 is 3.40. The Kier molecular flexibility index (Phi) is 4.18. The lowest BCUT2D eigenvalue weighted by Gasteiger charge is -2.26. The lowest BCUT2D eigenvalue weighted by molar-refractivity contribution is 0.0992. The van der Waals surface area contributed by atoms with Crippen molar-refractivity contribution in [3.8, 4) is 0 Å². The van der Waals surface area contributed by atoms with E-state index in [2.05, 4.69) is 10.3 Å². The summed E-state index contributed by atoms with van der Waals surface area (Å²) in [5.74, 6) is 0.799. The van der Waals surface area contributed by atoms with Gasteiger partial charge in [0.1, 0.15) is 24.1 Å². The van der Waals surface area contributed by atoms with Crippen LogP contribution in [0.25, 0.3) is 11.2 Å². The second-order valence-corrected chi connectivity index (χ2v) is 8.98. The summed E-state index contributed by atoms with van der Waals surface area (Å²) in [5, 5.41) is 19.0. The molecule has 9 heteroatoms. The Morgan fingerprint density at radius 1 is 1.22 bits per heavy atom. The number of hydrogen-bond acceptors (Lipinski definition) is 5. The second-order valence-electron chi connectivity index (χ2n) is 8.54. The summed E-state index contributed by atoms with van der Waals surface area (Å²) in [6.45, 7) is 1.74. The number of pyridine rings is 1. The summed E-state index contributed by atoms with van der Waals surface area (Å²) in [6.07, 6.45) is 4.06. The molecule has 162 valence electrons. The molecule has 0 spiro atoms. The molecule has 1 fully saturated rings. The molecule has 1 aliphatic heterocycles. The molecule has 0 saturated heterocycles. The normalized spacial score (nSPS) is 18.1. The van der Waals surface area contributed by atoms with Crippen LogP contribution in [0.4, 0.5) is 5.82 Å². The zero-order valence-corrected chi connectivity index (χ0v) is 18.4. The fourth-order valence-corrected chi connectivity index (χ4v) is 4.87. The number of aromatic nitrogens is 5. The highest BCUT2D eigenvalue weighted by molar-refractivity contribution is 6.30. The van der Waals surface area contributed by atoms with Crippen LogP contribution in [0, 0.1) is 6.92 Å². The molecule has 1 amide bonds. The van der Waals surface area contributed by atoms with Crippen molar-refractivity contribution in [1.29, 1.82) is 0 Å². The van der Waals surface area contributed by atoms with E-state index >= 15 is 0 Å². The number of hydrogen-bond donors (Lipinski definition) is 1. The third kappa shape index (κ3) is 2.73. The van der Waals surface area contributed by atoms with Crippen molar-refractivity contribution < 1.29 is 9.90 Å². The fourth-order valence-electron chi connectivity index (χ4n) is 4.75. The monoisotopic (exact) mass is 448 g/mol. The van der Waals surface area contributed by atoms with Crippen LogP contribution >= 0.6 is 11.6 Å². The molecule has 1 unspecified atom stereocenters. The number of halogens is 1. The van der Waals surface area contributed by atoms with Crippen LogP contribution in [0.15, 0.2) is 36.5 Å². The Labute approximate surface area is 189 Å². The van der Waals surface area contributed by atoms with Crippen molar-refractivity contribution in [3.63, 3.8) is 0 Å². The Morgan fingerprint density at radius 3 is 2.66 bits per heavy atom. The molecule has 1 atom stereocenters. The summed E-state index contributed by atoms with van der Waals surface area (Å²) in [6, 6.07) is 8.93. The Hall–Kier alpha value is -3.23. The topological polar surface area (TPSA) is 89.1 Å². The van der Waals surface area contributed by atoms with Gasteiger partial charge in [-0.15, -0.1) is 5.10 Å². The summed E-state index contributed by atoms with van der Waals surface area (Å²) in [7, 11) is 1.79. The van der Waals surface area contributed by atoms with E-state index in [4.69, 9.17) is 16.6 Å². The molecule has 1 aromatic carbocycles. The van der Waals surface area contributed by atoms with Gasteiger partial charge < -0.3 is 9.67 Å². The number of aryl methyl sites for hydroxylation is 2. The van der Waals surface area contributed by atoms with Crippen molar-refractivity contribution in [2.75, 3.05) is 4.90 Å². The lowest BCUT2D eigenvalue weighted by Crippen LogP contribution is -2.31. The van der Waals surface area contributed by atoms with E-state index < -0.39 is 6.04 Å². The van der Waals surface area contributed by atoms with Crippen molar-refractivity contribution in [3.05, 3.63) is 69.5 Å². The van der Waals surface area contributed by atoms with Crippen molar-refractivity contribution >= 4 is 34.5 Å². The average molecular weight is 449 g/mol. The van der Waals surface area contributed by atoms with Gasteiger partial charge in [0.05, 0.1) is 11.3 Å². The molecule has 0 radical (unpaired) electrons. The van der Waals surface area contributed by atoms with E-state index in [0.717, 1.165) is 35.2 Å². The highest BCUT2D eigenvalue weighted by Crippen LogP contribution is 2.50. The minimum atomic E-state index is -0.431. The van der Waals surface area contributed by atoms with Gasteiger partial charge in [-0.25, -0.2) is 9.67 Å². The molecule has 6 rings (SSSR count). The third-order valence-corrected chi connectivity index (χ3v) is 6.69. The van der Waals surface area contributed by atoms with Crippen LogP contribution in [0.1, 0.15) is 57.5 Å². The number of carbonyl (C=O) groups is 1. The van der Waals surface area contributed by atoms with Crippen LogP contribution in [0.2, 0.25) is 5.02 Å². The van der Waals surface area contributed by atoms with Crippen molar-refractivity contribution in [2.24, 2.45) is 7.05 Å². The highest BCUT2D eigenvalue weighted by atomic mass is 35.5. The molecule has 4 heterocycles. The van der Waals surface area contributed by atoms with E-state index in [1.54, 1.807) is 21.2 Å². The maximum Gasteiger partial charge on any atom is 0.262 e. The molecule has 2 aliphatic rings. The standard InChI is InChI=1S/C23H21ClN6O2/c1-12-9-17(25-22-19(12)26-27-28(22)2)30-20(14-5-7-15(24)8-6-14)21-18(23(30)32)16(13-3-4-13)10-29(21)11-31/h5-10,13,20,31H,3-4,11H2,1-2H3. The molecule has 1 N–H and O–H groups in total. The van der Waals surface area contributed by atoms with Crippen LogP contribution in [-0.4, -0.2) is 35.6 Å². The van der Waals surface area contributed by atoms with Gasteiger partial charge in [0.2, 0.25) is 0 Å². The quantitative estimate of drug-likeness (QED) is 0.514. The lowest BCUT2D eigenvalue weighted by atomic mass is 10.0. The predicted molar refractivity (Wildman–Crippen MR) is 120 cm³/mol. The number of aliphatic hydroxyl groups excluding tert-OH is 1. The maximum absolute atomic E-state index is 13.9. The second kappa shape index (κ2) is 6.88. The van der Waals surface area contributed by atoms with E-state index in [-0.39, 0.29) is 12.6 Å². The number of rotatable bonds is 4. The highest BCUT2D eigenvalue weighted by Gasteiger charge is 2.46. The number of nitrogens with zero attached hydrogens (tertiary/aromatic N) is 6. The summed E-state index contributed by atoms with van der Waals surface area (Å²) in [5.41, 5.74) is 5.62. The number of amides is 1. The van der Waals surface area contributed by atoms with E-state index in [1.165, 1.54) is 0 Å². The molecule has 1 aliphatic carbocycles. The first-order chi connectivity index (χ1) is 15.5. The Balaban J connectivity index is 1.60. The zero-order chi connectivity index (χ0) is 22.1. The molecule has 1 saturated carbocycles. The Bertz CT molecular complexity index is 1390. The molecule has 0 bridgehead atoms.